The van der Waals surface area contributed by atoms with Gasteiger partial charge < -0.3 is 10.7 Å². The van der Waals surface area contributed by atoms with E-state index >= 15 is 0 Å². The number of aromatic amines is 1. The number of pyridine rings is 1. The topological polar surface area (TPSA) is 58.9 Å². The first-order valence-electron chi connectivity index (χ1n) is 8.13. The zero-order chi connectivity index (χ0) is 17.0. The Morgan fingerprint density at radius 2 is 1.78 bits per heavy atom. The van der Waals surface area contributed by atoms with Gasteiger partial charge in [0.2, 0.25) is 0 Å². The number of hydrogen-bond acceptors (Lipinski definition) is 2. The molecule has 1 heterocycles. The van der Waals surface area contributed by atoms with E-state index in [-0.39, 0.29) is 16.7 Å². The molecule has 23 heavy (non-hydrogen) atoms. The van der Waals surface area contributed by atoms with E-state index in [0.29, 0.717) is 0 Å². The highest BCUT2D eigenvalue weighted by atomic mass is 16.1. The number of aromatic nitrogens is 1. The molecule has 0 aliphatic rings. The van der Waals surface area contributed by atoms with Gasteiger partial charge in [-0.3, -0.25) is 4.79 Å². The molecule has 1 aromatic heterocycles. The van der Waals surface area contributed by atoms with Crippen LogP contribution in [-0.4, -0.2) is 4.98 Å². The van der Waals surface area contributed by atoms with Crippen LogP contribution in [0.2, 0.25) is 0 Å². The lowest BCUT2D eigenvalue weighted by Gasteiger charge is -2.19. The number of rotatable bonds is 4. The molecule has 0 radical (unpaired) electrons. The molecule has 3 heteroatoms. The predicted octanol–water partition coefficient (Wildman–Crippen LogP) is 4.49. The maximum atomic E-state index is 11.8. The minimum absolute atomic E-state index is 0.126. The molecule has 2 rings (SSSR count). The lowest BCUT2D eigenvalue weighted by molar-refractivity contribution is 0.590. The standard InChI is InChI=1S/C20H26N2O/c1-5-6-7-16(18-13-12-17(21)19(23)22-18)14-8-10-15(11-9-14)20(2,3)4/h7-13H,5-6,21H2,1-4H3,(H,22,23)/b16-7+. The lowest BCUT2D eigenvalue weighted by atomic mass is 9.86. The van der Waals surface area contributed by atoms with Crippen molar-refractivity contribution >= 4 is 11.3 Å². The molecule has 0 fully saturated rings. The van der Waals surface area contributed by atoms with Crippen LogP contribution >= 0.6 is 0 Å². The molecule has 0 saturated carbocycles. The summed E-state index contributed by atoms with van der Waals surface area (Å²) in [6.45, 7) is 8.75. The number of hydrogen-bond donors (Lipinski definition) is 2. The van der Waals surface area contributed by atoms with Gasteiger partial charge in [0.25, 0.3) is 5.56 Å². The fourth-order valence-corrected chi connectivity index (χ4v) is 2.46. The highest BCUT2D eigenvalue weighted by Gasteiger charge is 2.14. The third kappa shape index (κ3) is 4.13. The number of nitrogen functional groups attached to an aromatic ring is 1. The minimum Gasteiger partial charge on any atom is -0.394 e. The van der Waals surface area contributed by atoms with Crippen molar-refractivity contribution in [3.8, 4) is 0 Å². The zero-order valence-electron chi connectivity index (χ0n) is 14.4. The van der Waals surface area contributed by atoms with Crippen LogP contribution in [-0.2, 0) is 5.41 Å². The Bertz CT molecular complexity index is 746. The summed E-state index contributed by atoms with van der Waals surface area (Å²) in [5.74, 6) is 0. The van der Waals surface area contributed by atoms with Crippen LogP contribution in [0.5, 0.6) is 0 Å². The van der Waals surface area contributed by atoms with Gasteiger partial charge in [-0.15, -0.1) is 0 Å². The molecule has 0 unspecified atom stereocenters. The fourth-order valence-electron chi connectivity index (χ4n) is 2.46. The summed E-state index contributed by atoms with van der Waals surface area (Å²) in [4.78, 5) is 14.7. The average molecular weight is 310 g/mol. The first-order chi connectivity index (χ1) is 10.8. The molecule has 0 atom stereocenters. The molecule has 0 aliphatic carbocycles. The quantitative estimate of drug-likeness (QED) is 0.874. The van der Waals surface area contributed by atoms with Crippen molar-refractivity contribution in [2.45, 2.75) is 46.0 Å². The third-order valence-corrected chi connectivity index (χ3v) is 3.93. The van der Waals surface area contributed by atoms with Crippen LogP contribution in [0.1, 0.15) is 57.4 Å². The maximum absolute atomic E-state index is 11.8. The van der Waals surface area contributed by atoms with Crippen LogP contribution in [0.3, 0.4) is 0 Å². The third-order valence-electron chi connectivity index (χ3n) is 3.93. The smallest absolute Gasteiger partial charge is 0.271 e. The van der Waals surface area contributed by atoms with Gasteiger partial charge in [0.1, 0.15) is 0 Å². The van der Waals surface area contributed by atoms with Crippen molar-refractivity contribution < 1.29 is 0 Å². The van der Waals surface area contributed by atoms with Crippen LogP contribution in [0.25, 0.3) is 5.57 Å². The van der Waals surface area contributed by atoms with E-state index in [9.17, 15) is 4.79 Å². The number of nitrogens with two attached hydrogens (primary N) is 1. The van der Waals surface area contributed by atoms with Gasteiger partial charge >= 0.3 is 0 Å². The summed E-state index contributed by atoms with van der Waals surface area (Å²) >= 11 is 0. The van der Waals surface area contributed by atoms with Crippen LogP contribution in [0.15, 0.2) is 47.3 Å². The second kappa shape index (κ2) is 6.86. The van der Waals surface area contributed by atoms with E-state index in [1.54, 1.807) is 6.07 Å². The Morgan fingerprint density at radius 3 is 2.30 bits per heavy atom. The monoisotopic (exact) mass is 310 g/mol. The normalized spacial score (nSPS) is 12.4. The fraction of sp³-hybridized carbons (Fsp3) is 0.350. The Balaban J connectivity index is 2.47. The Kier molecular flexibility index (Phi) is 5.09. The first kappa shape index (κ1) is 17.1. The molecule has 0 bridgehead atoms. The molecular weight excluding hydrogens is 284 g/mol. The van der Waals surface area contributed by atoms with Gasteiger partial charge in [0.05, 0.1) is 5.69 Å². The van der Waals surface area contributed by atoms with E-state index in [1.165, 1.54) is 5.56 Å². The molecule has 0 aliphatic heterocycles. The minimum atomic E-state index is -0.240. The Labute approximate surface area is 138 Å². The molecule has 3 N–H and O–H groups in total. The van der Waals surface area contributed by atoms with E-state index in [1.807, 2.05) is 6.07 Å². The van der Waals surface area contributed by atoms with E-state index in [0.717, 1.165) is 29.7 Å². The van der Waals surface area contributed by atoms with Crippen LogP contribution in [0, 0.1) is 0 Å². The van der Waals surface area contributed by atoms with Gasteiger partial charge in [0, 0.05) is 11.3 Å². The number of unbranched alkanes of at least 4 members (excludes halogenated alkanes) is 1. The van der Waals surface area contributed by atoms with Crippen molar-refractivity contribution in [2.75, 3.05) is 5.73 Å². The maximum Gasteiger partial charge on any atom is 0.271 e. The van der Waals surface area contributed by atoms with E-state index < -0.39 is 0 Å². The second-order valence-corrected chi connectivity index (χ2v) is 6.89. The van der Waals surface area contributed by atoms with E-state index in [4.69, 9.17) is 5.73 Å². The largest absolute Gasteiger partial charge is 0.394 e. The summed E-state index contributed by atoms with van der Waals surface area (Å²) < 4.78 is 0. The van der Waals surface area contributed by atoms with Crippen molar-refractivity contribution in [2.24, 2.45) is 0 Å². The number of anilines is 1. The molecule has 0 spiro atoms. The number of benzene rings is 1. The summed E-state index contributed by atoms with van der Waals surface area (Å²) in [5, 5.41) is 0. The molecule has 122 valence electrons. The lowest BCUT2D eigenvalue weighted by Crippen LogP contribution is -2.13. The molecule has 3 nitrogen and oxygen atoms in total. The highest BCUT2D eigenvalue weighted by Crippen LogP contribution is 2.27. The summed E-state index contributed by atoms with van der Waals surface area (Å²) in [5.41, 5.74) is 10.0. The Morgan fingerprint density at radius 1 is 1.13 bits per heavy atom. The number of nitrogens with one attached hydrogen (secondary N) is 1. The molecule has 0 amide bonds. The second-order valence-electron chi connectivity index (χ2n) is 6.89. The van der Waals surface area contributed by atoms with Crippen molar-refractivity contribution in [3.05, 3.63) is 69.6 Å². The zero-order valence-corrected chi connectivity index (χ0v) is 14.4. The van der Waals surface area contributed by atoms with Gasteiger partial charge in [-0.25, -0.2) is 0 Å². The van der Waals surface area contributed by atoms with Crippen LogP contribution < -0.4 is 11.3 Å². The van der Waals surface area contributed by atoms with E-state index in [2.05, 4.69) is 63.0 Å². The van der Waals surface area contributed by atoms with Crippen molar-refractivity contribution in [1.82, 2.24) is 4.98 Å². The van der Waals surface area contributed by atoms with Crippen LogP contribution in [0.4, 0.5) is 5.69 Å². The summed E-state index contributed by atoms with van der Waals surface area (Å²) in [6, 6.07) is 12.1. The number of allylic oxidation sites excluding steroid dienone is 1. The first-order valence-corrected chi connectivity index (χ1v) is 8.13. The van der Waals surface area contributed by atoms with Crippen molar-refractivity contribution in [1.29, 1.82) is 0 Å². The van der Waals surface area contributed by atoms with Gasteiger partial charge in [-0.2, -0.15) is 0 Å². The molecular formula is C20H26N2O. The summed E-state index contributed by atoms with van der Waals surface area (Å²) in [6.07, 6.45) is 4.19. The van der Waals surface area contributed by atoms with Gasteiger partial charge in [0.15, 0.2) is 0 Å². The predicted molar refractivity (Wildman–Crippen MR) is 98.6 cm³/mol. The summed E-state index contributed by atoms with van der Waals surface area (Å²) in [7, 11) is 0. The highest BCUT2D eigenvalue weighted by molar-refractivity contribution is 5.78. The number of H-pyrrole nitrogens is 1. The van der Waals surface area contributed by atoms with Crippen molar-refractivity contribution in [3.63, 3.8) is 0 Å². The average Bonchev–Trinajstić information content (AvgIpc) is 2.50. The van der Waals surface area contributed by atoms with Gasteiger partial charge in [-0.05, 0) is 35.1 Å². The molecule has 2 aromatic rings. The molecule has 1 aromatic carbocycles. The van der Waals surface area contributed by atoms with Gasteiger partial charge in [-0.1, -0.05) is 64.5 Å². The molecule has 0 saturated heterocycles. The SMILES string of the molecule is CCC/C=C(\c1ccc(C(C)(C)C)cc1)c1ccc(N)c(=O)[nH]1. The Hall–Kier alpha value is -2.29.